The summed E-state index contributed by atoms with van der Waals surface area (Å²) in [5.41, 5.74) is 13.1. The molecule has 5 heterocycles. The second kappa shape index (κ2) is 14.0. The van der Waals surface area contributed by atoms with Crippen LogP contribution in [0.2, 0.25) is 0 Å². The number of nitrogens with one attached hydrogen (secondary N) is 2. The molecule has 0 saturated carbocycles. The molecule has 0 amide bonds. The number of aromatic amines is 2. The van der Waals surface area contributed by atoms with Crippen LogP contribution in [0.25, 0.3) is 90.9 Å². The van der Waals surface area contributed by atoms with Gasteiger partial charge in [0.2, 0.25) is 0 Å². The third-order valence-electron chi connectivity index (χ3n) is 9.80. The monoisotopic (exact) mass is 730 g/mol. The lowest BCUT2D eigenvalue weighted by atomic mass is 10.0. The Bertz CT molecular complexity index is 2570. The number of nitroso groups, excluding NO2 is 4. The average molecular weight is 731 g/mol. The molecule has 0 fully saturated rings. The first-order valence-corrected chi connectivity index (χ1v) is 17.4. The van der Waals surface area contributed by atoms with Gasteiger partial charge in [0.15, 0.2) is 0 Å². The molecule has 3 aromatic heterocycles. The summed E-state index contributed by atoms with van der Waals surface area (Å²) in [6.45, 7) is 0. The minimum atomic E-state index is 0.298. The average Bonchev–Trinajstić information content (AvgIpc) is 4.10. The molecule has 56 heavy (non-hydrogen) atoms. The van der Waals surface area contributed by atoms with Crippen molar-refractivity contribution in [3.8, 4) is 44.5 Å². The van der Waals surface area contributed by atoms with Crippen LogP contribution in [0.3, 0.4) is 0 Å². The lowest BCUT2D eigenvalue weighted by Crippen LogP contribution is -1.89. The van der Waals surface area contributed by atoms with Crippen molar-refractivity contribution in [1.29, 1.82) is 0 Å². The minimum absolute atomic E-state index is 0.298. The Balaban J connectivity index is 1.45. The fourth-order valence-corrected chi connectivity index (χ4v) is 7.18. The second-order valence-corrected chi connectivity index (χ2v) is 13.1. The van der Waals surface area contributed by atoms with Crippen LogP contribution in [0, 0.1) is 19.6 Å². The van der Waals surface area contributed by atoms with E-state index in [-0.39, 0.29) is 0 Å². The van der Waals surface area contributed by atoms with E-state index in [1.807, 2.05) is 97.1 Å². The number of fused-ring (bicyclic) bond motifs is 8. The number of H-pyrrole nitrogens is 2. The van der Waals surface area contributed by atoms with Crippen molar-refractivity contribution in [2.75, 3.05) is 0 Å². The largest absolute Gasteiger partial charge is 0.354 e. The molecule has 2 N–H and O–H groups in total. The predicted octanol–water partition coefficient (Wildman–Crippen LogP) is 12.9. The maximum absolute atomic E-state index is 11.4. The lowest BCUT2D eigenvalue weighted by Gasteiger charge is -2.07. The number of hydrogen-bond acceptors (Lipinski definition) is 10. The fourth-order valence-electron chi connectivity index (χ4n) is 7.18. The highest BCUT2D eigenvalue weighted by Crippen LogP contribution is 2.39. The number of nitrogens with zero attached hydrogens (tertiary/aromatic N) is 6. The van der Waals surface area contributed by atoms with E-state index >= 15 is 0 Å². The normalized spacial score (nSPS) is 11.7. The molecule has 4 aromatic carbocycles. The molecular weight excluding hydrogens is 705 g/mol. The molecule has 12 nitrogen and oxygen atoms in total. The van der Waals surface area contributed by atoms with Gasteiger partial charge in [-0.15, -0.1) is 19.6 Å². The Hall–Kier alpha value is -8.12. The van der Waals surface area contributed by atoms with Gasteiger partial charge in [-0.1, -0.05) is 48.5 Å². The highest BCUT2D eigenvalue weighted by atomic mass is 16.3. The van der Waals surface area contributed by atoms with Crippen molar-refractivity contribution < 1.29 is 0 Å². The van der Waals surface area contributed by atoms with Gasteiger partial charge in [0.05, 0.1) is 22.8 Å². The van der Waals surface area contributed by atoms with Crippen LogP contribution < -0.4 is 0 Å². The Labute approximate surface area is 317 Å². The first kappa shape index (κ1) is 33.7. The van der Waals surface area contributed by atoms with Gasteiger partial charge in [-0.25, -0.2) is 9.97 Å². The molecule has 0 saturated heterocycles. The van der Waals surface area contributed by atoms with Crippen LogP contribution in [-0.4, -0.2) is 19.9 Å². The fraction of sp³-hybridized carbons (Fsp3) is 0. The third kappa shape index (κ3) is 6.02. The molecule has 0 unspecified atom stereocenters. The lowest BCUT2D eigenvalue weighted by molar-refractivity contribution is 1.31. The summed E-state index contributed by atoms with van der Waals surface area (Å²) >= 11 is 0. The number of benzene rings is 4. The number of aromatic nitrogens is 4. The Morgan fingerprint density at radius 3 is 0.714 bits per heavy atom. The Morgan fingerprint density at radius 1 is 0.304 bits per heavy atom. The molecular formula is C44H26N8O4. The van der Waals surface area contributed by atoms with E-state index in [2.05, 4.69) is 30.7 Å². The van der Waals surface area contributed by atoms with E-state index in [1.54, 1.807) is 48.5 Å². The van der Waals surface area contributed by atoms with Crippen molar-refractivity contribution >= 4 is 69.1 Å². The van der Waals surface area contributed by atoms with Crippen molar-refractivity contribution in [1.82, 2.24) is 19.9 Å². The smallest absolute Gasteiger partial charge is 0.108 e. The quantitative estimate of drug-likeness (QED) is 0.147. The zero-order chi connectivity index (χ0) is 38.2. The molecule has 2 aliphatic heterocycles. The minimum Gasteiger partial charge on any atom is -0.354 e. The van der Waals surface area contributed by atoms with E-state index in [4.69, 9.17) is 9.97 Å². The summed E-state index contributed by atoms with van der Waals surface area (Å²) in [4.78, 5) is 63.2. The molecule has 0 atom stereocenters. The third-order valence-corrected chi connectivity index (χ3v) is 9.80. The van der Waals surface area contributed by atoms with Crippen molar-refractivity contribution in [2.45, 2.75) is 0 Å². The van der Waals surface area contributed by atoms with Crippen LogP contribution in [0.15, 0.2) is 142 Å². The van der Waals surface area contributed by atoms with E-state index in [0.717, 1.165) is 66.6 Å². The van der Waals surface area contributed by atoms with Gasteiger partial charge in [-0.05, 0) is 140 Å². The highest BCUT2D eigenvalue weighted by Gasteiger charge is 2.19. The van der Waals surface area contributed by atoms with Gasteiger partial charge >= 0.3 is 0 Å². The van der Waals surface area contributed by atoms with Gasteiger partial charge in [-0.3, -0.25) is 0 Å². The molecule has 8 bridgehead atoms. The summed E-state index contributed by atoms with van der Waals surface area (Å²) in [6, 6.07) is 35.9. The molecule has 7 aromatic rings. The van der Waals surface area contributed by atoms with Crippen molar-refractivity contribution in [2.24, 2.45) is 20.7 Å². The van der Waals surface area contributed by atoms with E-state index < -0.39 is 0 Å². The van der Waals surface area contributed by atoms with Gasteiger partial charge in [0.1, 0.15) is 22.7 Å². The first-order chi connectivity index (χ1) is 27.5. The molecule has 12 heteroatoms. The number of hydrogen-bond donors (Lipinski definition) is 2. The van der Waals surface area contributed by atoms with Crippen molar-refractivity contribution in [3.05, 3.63) is 164 Å². The van der Waals surface area contributed by atoms with Crippen LogP contribution in [-0.2, 0) is 0 Å². The SMILES string of the molecule is O=Nc1ccc(-c2c3nc(c(-c4ccc(N=O)cc4)c4ccc([nH]4)c(-c4ccc(N=O)cc4)c4nc(c(-c5ccc(N=O)cc5)c5ccc2[nH]5)C=C4)C=C3)cc1. The molecule has 266 valence electrons. The van der Waals surface area contributed by atoms with Crippen LogP contribution in [0.4, 0.5) is 22.7 Å². The first-order valence-electron chi connectivity index (χ1n) is 17.4. The van der Waals surface area contributed by atoms with E-state index in [0.29, 0.717) is 45.5 Å². The van der Waals surface area contributed by atoms with E-state index in [9.17, 15) is 19.6 Å². The van der Waals surface area contributed by atoms with Gasteiger partial charge in [-0.2, -0.15) is 0 Å². The summed E-state index contributed by atoms with van der Waals surface area (Å²) in [7, 11) is 0. The summed E-state index contributed by atoms with van der Waals surface area (Å²) in [6.07, 6.45) is 7.78. The Kier molecular flexibility index (Phi) is 8.44. The predicted molar refractivity (Wildman–Crippen MR) is 222 cm³/mol. The highest BCUT2D eigenvalue weighted by molar-refractivity contribution is 6.00. The maximum atomic E-state index is 11.4. The molecule has 9 rings (SSSR count). The van der Waals surface area contributed by atoms with Gasteiger partial charge in [0.25, 0.3) is 0 Å². The van der Waals surface area contributed by atoms with Crippen LogP contribution in [0.5, 0.6) is 0 Å². The maximum Gasteiger partial charge on any atom is 0.108 e. The standard InChI is InChI=1S/C44H26N8O4/c53-49-29-9-1-25(2-10-29)41-33-17-19-35(45-33)42(26-3-11-30(50-54)12-4-26)37-21-23-39(47-37)44(28-7-15-32(52-56)16-8-28)40-24-22-38(48-40)43(36-20-18-34(41)46-36)27-5-13-31(51-55)14-6-27/h1-24,45,48H. The van der Waals surface area contributed by atoms with Gasteiger partial charge in [0, 0.05) is 44.3 Å². The second-order valence-electron chi connectivity index (χ2n) is 13.1. The Morgan fingerprint density at radius 2 is 0.518 bits per heavy atom. The number of rotatable bonds is 8. The molecule has 0 radical (unpaired) electrons. The summed E-state index contributed by atoms with van der Waals surface area (Å²) in [5.74, 6) is 0. The molecule has 0 spiro atoms. The topological polar surface area (TPSA) is 175 Å². The summed E-state index contributed by atoms with van der Waals surface area (Å²) < 4.78 is 0. The zero-order valence-electron chi connectivity index (χ0n) is 29.2. The van der Waals surface area contributed by atoms with Gasteiger partial charge < -0.3 is 9.97 Å². The summed E-state index contributed by atoms with van der Waals surface area (Å²) in [5, 5.41) is 12.4. The van der Waals surface area contributed by atoms with Crippen LogP contribution in [0.1, 0.15) is 22.8 Å². The van der Waals surface area contributed by atoms with Crippen LogP contribution >= 0.6 is 0 Å². The molecule has 0 aliphatic carbocycles. The molecule has 2 aliphatic rings. The zero-order valence-corrected chi connectivity index (χ0v) is 29.2. The van der Waals surface area contributed by atoms with E-state index in [1.165, 1.54) is 0 Å². The van der Waals surface area contributed by atoms with Crippen molar-refractivity contribution in [3.63, 3.8) is 0 Å².